The van der Waals surface area contributed by atoms with Crippen molar-refractivity contribution in [2.24, 2.45) is 0 Å². The van der Waals surface area contributed by atoms with Gasteiger partial charge in [-0.2, -0.15) is 0 Å². The Morgan fingerprint density at radius 1 is 1.33 bits per heavy atom. The SMILES string of the molecule is CCOCCOC(C)C(=O)Nc1cccc(-c2nncn2CC)c1. The third-order valence-electron chi connectivity index (χ3n) is 3.51. The number of anilines is 1. The van der Waals surface area contributed by atoms with Gasteiger partial charge in [0.15, 0.2) is 5.82 Å². The molecule has 7 heteroatoms. The Kier molecular flexibility index (Phi) is 6.89. The molecular formula is C17H24N4O3. The number of carbonyl (C=O) groups excluding carboxylic acids is 1. The van der Waals surface area contributed by atoms with Crippen molar-refractivity contribution in [2.75, 3.05) is 25.1 Å². The molecule has 1 heterocycles. The van der Waals surface area contributed by atoms with Crippen LogP contribution in [-0.4, -0.2) is 46.6 Å². The molecule has 1 aromatic carbocycles. The zero-order valence-corrected chi connectivity index (χ0v) is 14.4. The molecular weight excluding hydrogens is 308 g/mol. The van der Waals surface area contributed by atoms with Gasteiger partial charge in [0.1, 0.15) is 12.4 Å². The van der Waals surface area contributed by atoms with Gasteiger partial charge in [-0.3, -0.25) is 4.79 Å². The molecule has 1 aromatic heterocycles. The maximum atomic E-state index is 12.2. The number of aryl methyl sites for hydroxylation is 1. The molecule has 0 aliphatic carbocycles. The number of ether oxygens (including phenoxy) is 2. The van der Waals surface area contributed by atoms with Crippen LogP contribution in [0.5, 0.6) is 0 Å². The molecule has 130 valence electrons. The Bertz CT molecular complexity index is 657. The van der Waals surface area contributed by atoms with E-state index in [0.29, 0.717) is 25.5 Å². The van der Waals surface area contributed by atoms with Crippen molar-refractivity contribution >= 4 is 11.6 Å². The van der Waals surface area contributed by atoms with E-state index in [2.05, 4.69) is 15.5 Å². The number of hydrogen-bond acceptors (Lipinski definition) is 5. The van der Waals surface area contributed by atoms with Crippen LogP contribution in [-0.2, 0) is 20.8 Å². The lowest BCUT2D eigenvalue weighted by Gasteiger charge is -2.14. The predicted molar refractivity (Wildman–Crippen MR) is 91.7 cm³/mol. The molecule has 0 saturated heterocycles. The molecule has 0 spiro atoms. The van der Waals surface area contributed by atoms with Gasteiger partial charge in [0, 0.05) is 24.4 Å². The minimum absolute atomic E-state index is 0.194. The smallest absolute Gasteiger partial charge is 0.253 e. The molecule has 0 fully saturated rings. The van der Waals surface area contributed by atoms with Crippen LogP contribution in [0.2, 0.25) is 0 Å². The lowest BCUT2D eigenvalue weighted by molar-refractivity contribution is -0.127. The fraction of sp³-hybridized carbons (Fsp3) is 0.471. The minimum Gasteiger partial charge on any atom is -0.379 e. The van der Waals surface area contributed by atoms with Crippen LogP contribution < -0.4 is 5.32 Å². The molecule has 0 bridgehead atoms. The fourth-order valence-electron chi connectivity index (χ4n) is 2.19. The number of carbonyl (C=O) groups is 1. The van der Waals surface area contributed by atoms with Crippen molar-refractivity contribution in [3.63, 3.8) is 0 Å². The van der Waals surface area contributed by atoms with Gasteiger partial charge < -0.3 is 19.4 Å². The first kappa shape index (κ1) is 18.1. The fourth-order valence-corrected chi connectivity index (χ4v) is 2.19. The number of nitrogens with one attached hydrogen (secondary N) is 1. The summed E-state index contributed by atoms with van der Waals surface area (Å²) in [5, 5.41) is 10.9. The van der Waals surface area contributed by atoms with Crippen molar-refractivity contribution in [3.05, 3.63) is 30.6 Å². The van der Waals surface area contributed by atoms with Crippen LogP contribution >= 0.6 is 0 Å². The number of aromatic nitrogens is 3. The Hall–Kier alpha value is -2.25. The highest BCUT2D eigenvalue weighted by Gasteiger charge is 2.14. The van der Waals surface area contributed by atoms with Gasteiger partial charge in [-0.25, -0.2) is 0 Å². The van der Waals surface area contributed by atoms with E-state index in [9.17, 15) is 4.79 Å². The molecule has 24 heavy (non-hydrogen) atoms. The number of hydrogen-bond donors (Lipinski definition) is 1. The van der Waals surface area contributed by atoms with Crippen LogP contribution in [0, 0.1) is 0 Å². The lowest BCUT2D eigenvalue weighted by Crippen LogP contribution is -2.28. The second-order valence-electron chi connectivity index (χ2n) is 5.22. The molecule has 1 atom stereocenters. The molecule has 0 aliphatic heterocycles. The van der Waals surface area contributed by atoms with E-state index >= 15 is 0 Å². The summed E-state index contributed by atoms with van der Waals surface area (Å²) in [6, 6.07) is 7.52. The molecule has 2 rings (SSSR count). The van der Waals surface area contributed by atoms with Crippen molar-refractivity contribution in [2.45, 2.75) is 33.4 Å². The van der Waals surface area contributed by atoms with Crippen LogP contribution in [0.1, 0.15) is 20.8 Å². The maximum absolute atomic E-state index is 12.2. The summed E-state index contributed by atoms with van der Waals surface area (Å²) in [5.74, 6) is 0.579. The molecule has 0 radical (unpaired) electrons. The van der Waals surface area contributed by atoms with Crippen molar-refractivity contribution in [3.8, 4) is 11.4 Å². The number of benzene rings is 1. The Morgan fingerprint density at radius 3 is 2.92 bits per heavy atom. The normalized spacial score (nSPS) is 12.1. The highest BCUT2D eigenvalue weighted by Crippen LogP contribution is 2.21. The molecule has 1 N–H and O–H groups in total. The average molecular weight is 332 g/mol. The van der Waals surface area contributed by atoms with E-state index in [1.807, 2.05) is 42.7 Å². The first-order valence-corrected chi connectivity index (χ1v) is 8.14. The first-order chi connectivity index (χ1) is 11.7. The topological polar surface area (TPSA) is 78.3 Å². The standard InChI is InChI=1S/C17H24N4O3/c1-4-21-12-18-20-16(21)14-7-6-8-15(11-14)19-17(22)13(3)24-10-9-23-5-2/h6-8,11-13H,4-5,9-10H2,1-3H3,(H,19,22). The Morgan fingerprint density at radius 2 is 2.17 bits per heavy atom. The van der Waals surface area contributed by atoms with Crippen LogP contribution in [0.15, 0.2) is 30.6 Å². The third kappa shape index (κ3) is 4.87. The summed E-state index contributed by atoms with van der Waals surface area (Å²) in [7, 11) is 0. The van der Waals surface area contributed by atoms with E-state index in [-0.39, 0.29) is 5.91 Å². The van der Waals surface area contributed by atoms with Gasteiger partial charge >= 0.3 is 0 Å². The van der Waals surface area contributed by atoms with Crippen LogP contribution in [0.4, 0.5) is 5.69 Å². The largest absolute Gasteiger partial charge is 0.379 e. The predicted octanol–water partition coefficient (Wildman–Crippen LogP) is 2.35. The van der Waals surface area contributed by atoms with E-state index in [0.717, 1.165) is 17.9 Å². The van der Waals surface area contributed by atoms with Crippen molar-refractivity contribution in [1.29, 1.82) is 0 Å². The van der Waals surface area contributed by atoms with Gasteiger partial charge in [-0.05, 0) is 32.9 Å². The van der Waals surface area contributed by atoms with Gasteiger partial charge in [0.25, 0.3) is 5.91 Å². The quantitative estimate of drug-likeness (QED) is 0.713. The lowest BCUT2D eigenvalue weighted by atomic mass is 10.2. The summed E-state index contributed by atoms with van der Waals surface area (Å²) < 4.78 is 12.6. The second kappa shape index (κ2) is 9.14. The first-order valence-electron chi connectivity index (χ1n) is 8.14. The summed E-state index contributed by atoms with van der Waals surface area (Å²) >= 11 is 0. The highest BCUT2D eigenvalue weighted by molar-refractivity contribution is 5.94. The van der Waals surface area contributed by atoms with E-state index in [1.54, 1.807) is 13.3 Å². The number of amides is 1. The van der Waals surface area contributed by atoms with Crippen LogP contribution in [0.25, 0.3) is 11.4 Å². The van der Waals surface area contributed by atoms with Gasteiger partial charge in [-0.1, -0.05) is 12.1 Å². The van der Waals surface area contributed by atoms with Gasteiger partial charge in [0.05, 0.1) is 13.2 Å². The van der Waals surface area contributed by atoms with Gasteiger partial charge in [-0.15, -0.1) is 10.2 Å². The zero-order chi connectivity index (χ0) is 17.4. The Balaban J connectivity index is 1.98. The maximum Gasteiger partial charge on any atom is 0.253 e. The van der Waals surface area contributed by atoms with Crippen molar-refractivity contribution < 1.29 is 14.3 Å². The van der Waals surface area contributed by atoms with E-state index in [4.69, 9.17) is 9.47 Å². The molecule has 0 aliphatic rings. The zero-order valence-electron chi connectivity index (χ0n) is 14.4. The number of rotatable bonds is 9. The highest BCUT2D eigenvalue weighted by atomic mass is 16.5. The van der Waals surface area contributed by atoms with Crippen LogP contribution in [0.3, 0.4) is 0 Å². The summed E-state index contributed by atoms with van der Waals surface area (Å²) in [6.07, 6.45) is 1.14. The monoisotopic (exact) mass is 332 g/mol. The number of nitrogens with zero attached hydrogens (tertiary/aromatic N) is 3. The molecule has 2 aromatic rings. The van der Waals surface area contributed by atoms with E-state index in [1.165, 1.54) is 0 Å². The second-order valence-corrected chi connectivity index (χ2v) is 5.22. The van der Waals surface area contributed by atoms with Gasteiger partial charge in [0.2, 0.25) is 0 Å². The minimum atomic E-state index is -0.548. The summed E-state index contributed by atoms with van der Waals surface area (Å²) in [4.78, 5) is 12.2. The van der Waals surface area contributed by atoms with Crippen molar-refractivity contribution in [1.82, 2.24) is 14.8 Å². The molecule has 1 unspecified atom stereocenters. The average Bonchev–Trinajstić information content (AvgIpc) is 3.07. The third-order valence-corrected chi connectivity index (χ3v) is 3.51. The molecule has 0 saturated carbocycles. The molecule has 7 nitrogen and oxygen atoms in total. The summed E-state index contributed by atoms with van der Waals surface area (Å²) in [6.45, 7) is 7.96. The summed E-state index contributed by atoms with van der Waals surface area (Å²) in [5.41, 5.74) is 1.60. The molecule has 1 amide bonds. The van der Waals surface area contributed by atoms with E-state index < -0.39 is 6.10 Å². The Labute approximate surface area is 142 Å².